The molecule has 4 amide bonds. The Morgan fingerprint density at radius 2 is 1.81 bits per heavy atom. The van der Waals surface area contributed by atoms with Gasteiger partial charge in [0.15, 0.2) is 0 Å². The summed E-state index contributed by atoms with van der Waals surface area (Å²) in [6.45, 7) is 5.06. The lowest BCUT2D eigenvalue weighted by Gasteiger charge is -2.30. The third kappa shape index (κ3) is 6.64. The van der Waals surface area contributed by atoms with E-state index in [1.807, 2.05) is 0 Å². The molecule has 15 heteroatoms. The molecule has 3 heterocycles. The first kappa shape index (κ1) is 34.5. The SMILES string of the molecule is CC(C)(C)OC(=O)N[C@H]1CCCCCC2C(C3C[C@@]3(C(=O)O)NC(=O)[C@@H]3C[C@@H](OC(=O)N4Cc5cccc(F)c5C4)CN3C1=O)C2(Cl)Cl. The zero-order chi connectivity index (χ0) is 34.8. The summed E-state index contributed by atoms with van der Waals surface area (Å²) in [6.07, 6.45) is 0.434. The number of carbonyl (C=O) groups excluding carboxylic acids is 4. The molecule has 0 bridgehead atoms. The number of carbonyl (C=O) groups is 5. The molecule has 3 unspecified atom stereocenters. The Morgan fingerprint density at radius 3 is 2.50 bits per heavy atom. The van der Waals surface area contributed by atoms with Gasteiger partial charge in [0, 0.05) is 30.4 Å². The fourth-order valence-electron chi connectivity index (χ4n) is 7.70. The van der Waals surface area contributed by atoms with E-state index >= 15 is 0 Å². The van der Waals surface area contributed by atoms with E-state index < -0.39 is 75.4 Å². The molecule has 12 nitrogen and oxygen atoms in total. The van der Waals surface area contributed by atoms with Crippen molar-refractivity contribution in [1.82, 2.24) is 20.4 Å². The van der Waals surface area contributed by atoms with Crippen LogP contribution in [0.2, 0.25) is 0 Å². The molecule has 6 rings (SSSR count). The first-order chi connectivity index (χ1) is 22.5. The van der Waals surface area contributed by atoms with Gasteiger partial charge in [-0.3, -0.25) is 14.5 Å². The second-order valence-corrected chi connectivity index (χ2v) is 16.1. The largest absolute Gasteiger partial charge is 0.479 e. The number of rotatable bonds is 3. The maximum absolute atomic E-state index is 14.3. The molecular weight excluding hydrogens is 670 g/mol. The van der Waals surface area contributed by atoms with Crippen LogP contribution in [0.25, 0.3) is 0 Å². The normalized spacial score (nSPS) is 32.7. The van der Waals surface area contributed by atoms with Gasteiger partial charge >= 0.3 is 18.2 Å². The number of alkyl halides is 2. The van der Waals surface area contributed by atoms with Crippen LogP contribution in [-0.4, -0.2) is 85.1 Å². The van der Waals surface area contributed by atoms with E-state index in [0.29, 0.717) is 30.4 Å². The van der Waals surface area contributed by atoms with Gasteiger partial charge in [0.1, 0.15) is 39.5 Å². The number of amides is 4. The van der Waals surface area contributed by atoms with Crippen molar-refractivity contribution in [1.29, 1.82) is 0 Å². The molecule has 1 aromatic carbocycles. The number of hydrogen-bond acceptors (Lipinski definition) is 7. The molecule has 0 radical (unpaired) electrons. The molecule has 0 spiro atoms. The van der Waals surface area contributed by atoms with Crippen molar-refractivity contribution < 1.29 is 42.9 Å². The summed E-state index contributed by atoms with van der Waals surface area (Å²) in [5.41, 5.74) is -1.38. The van der Waals surface area contributed by atoms with E-state index in [4.69, 9.17) is 32.7 Å². The lowest BCUT2D eigenvalue weighted by molar-refractivity contribution is -0.146. The number of aliphatic carboxylic acids is 1. The number of ether oxygens (including phenoxy) is 2. The van der Waals surface area contributed by atoms with Crippen LogP contribution in [0, 0.1) is 23.6 Å². The molecule has 1 aromatic rings. The summed E-state index contributed by atoms with van der Waals surface area (Å²) in [4.78, 5) is 69.4. The summed E-state index contributed by atoms with van der Waals surface area (Å²) >= 11 is 13.3. The summed E-state index contributed by atoms with van der Waals surface area (Å²) < 4.78 is 24.4. The highest BCUT2D eigenvalue weighted by Gasteiger charge is 2.77. The average molecular weight is 712 g/mol. The quantitative estimate of drug-likeness (QED) is 0.388. The average Bonchev–Trinajstić information content (AvgIpc) is 3.60. The third-order valence-electron chi connectivity index (χ3n) is 10.2. The van der Waals surface area contributed by atoms with E-state index in [-0.39, 0.29) is 50.7 Å². The van der Waals surface area contributed by atoms with Gasteiger partial charge in [-0.1, -0.05) is 31.4 Å². The lowest BCUT2D eigenvalue weighted by atomic mass is 10.0. The van der Waals surface area contributed by atoms with Crippen LogP contribution in [0.15, 0.2) is 18.2 Å². The minimum absolute atomic E-state index is 0.00924. The second kappa shape index (κ2) is 12.5. The molecule has 7 atom stereocenters. The van der Waals surface area contributed by atoms with Crippen molar-refractivity contribution in [2.45, 2.75) is 112 Å². The van der Waals surface area contributed by atoms with Crippen LogP contribution in [0.5, 0.6) is 0 Å². The van der Waals surface area contributed by atoms with Crippen LogP contribution >= 0.6 is 23.2 Å². The van der Waals surface area contributed by atoms with E-state index in [9.17, 15) is 33.5 Å². The molecule has 262 valence electrons. The highest BCUT2D eigenvalue weighted by atomic mass is 35.5. The van der Waals surface area contributed by atoms with Gasteiger partial charge < -0.3 is 30.1 Å². The van der Waals surface area contributed by atoms with Crippen LogP contribution in [0.1, 0.15) is 76.8 Å². The molecule has 2 aliphatic carbocycles. The van der Waals surface area contributed by atoms with Crippen LogP contribution < -0.4 is 10.6 Å². The molecule has 5 aliphatic rings. The third-order valence-corrected chi connectivity index (χ3v) is 11.3. The van der Waals surface area contributed by atoms with E-state index in [1.165, 1.54) is 15.9 Å². The van der Waals surface area contributed by atoms with Crippen LogP contribution in [-0.2, 0) is 36.9 Å². The van der Waals surface area contributed by atoms with Crippen molar-refractivity contribution in [2.24, 2.45) is 17.8 Å². The molecule has 4 fully saturated rings. The maximum atomic E-state index is 14.3. The number of fused-ring (bicyclic) bond motifs is 5. The summed E-state index contributed by atoms with van der Waals surface area (Å²) in [6, 6.07) is 2.34. The monoisotopic (exact) mass is 710 g/mol. The number of benzene rings is 1. The Bertz CT molecular complexity index is 1520. The van der Waals surface area contributed by atoms with Crippen LogP contribution in [0.3, 0.4) is 0 Å². The Kier molecular flexibility index (Phi) is 9.02. The predicted octanol–water partition coefficient (Wildman–Crippen LogP) is 4.48. The number of carboxylic acid groups (broad SMARTS) is 1. The predicted molar refractivity (Wildman–Crippen MR) is 170 cm³/mol. The number of hydrogen-bond donors (Lipinski definition) is 3. The molecule has 3 N–H and O–H groups in total. The van der Waals surface area contributed by atoms with Gasteiger partial charge in [0.2, 0.25) is 11.8 Å². The van der Waals surface area contributed by atoms with Gasteiger partial charge in [0.05, 0.1) is 13.1 Å². The van der Waals surface area contributed by atoms with Crippen LogP contribution in [0.4, 0.5) is 14.0 Å². The number of halogens is 3. The van der Waals surface area contributed by atoms with E-state index in [0.717, 1.165) is 6.42 Å². The number of carboxylic acids is 1. The van der Waals surface area contributed by atoms with Crippen molar-refractivity contribution in [3.05, 3.63) is 35.1 Å². The standard InChI is InChI=1S/C33H41Cl2FN4O8/c1-31(2,3)48-29(45)37-23-11-6-4-5-9-20-25(33(20,34)35)21-13-32(21,28(43)44)38-26(41)24-12-18(15-40(24)27(23)42)47-30(46)39-14-17-8-7-10-22(36)19(17)16-39/h7-8,10,18,20-21,23-25H,4-6,9,11-16H2,1-3H3,(H,37,45)(H,38,41)(H,43,44)/t18-,20?,21?,23+,24+,25?,32-/m1/s1. The zero-order valence-electron chi connectivity index (χ0n) is 27.1. The van der Waals surface area contributed by atoms with Crippen molar-refractivity contribution in [3.63, 3.8) is 0 Å². The van der Waals surface area contributed by atoms with E-state index in [1.54, 1.807) is 32.9 Å². The minimum atomic E-state index is -1.60. The van der Waals surface area contributed by atoms with Gasteiger partial charge in [-0.25, -0.2) is 18.8 Å². The molecule has 48 heavy (non-hydrogen) atoms. The summed E-state index contributed by atoms with van der Waals surface area (Å²) in [5, 5.41) is 15.6. The molecule has 0 aromatic heterocycles. The van der Waals surface area contributed by atoms with Crippen molar-refractivity contribution in [3.8, 4) is 0 Å². The first-order valence-corrected chi connectivity index (χ1v) is 17.2. The van der Waals surface area contributed by atoms with Gasteiger partial charge in [0.25, 0.3) is 0 Å². The second-order valence-electron chi connectivity index (χ2n) is 14.7. The van der Waals surface area contributed by atoms with Gasteiger partial charge in [-0.05, 0) is 57.6 Å². The minimum Gasteiger partial charge on any atom is -0.479 e. The Labute approximate surface area is 287 Å². The Balaban J connectivity index is 1.24. The summed E-state index contributed by atoms with van der Waals surface area (Å²) in [5.74, 6) is -3.88. The molecule has 2 saturated heterocycles. The van der Waals surface area contributed by atoms with E-state index in [2.05, 4.69) is 10.6 Å². The fourth-order valence-corrected chi connectivity index (χ4v) is 8.68. The topological polar surface area (TPSA) is 155 Å². The summed E-state index contributed by atoms with van der Waals surface area (Å²) in [7, 11) is 0. The Morgan fingerprint density at radius 1 is 1.08 bits per heavy atom. The highest BCUT2D eigenvalue weighted by Crippen LogP contribution is 2.71. The lowest BCUT2D eigenvalue weighted by Crippen LogP contribution is -2.56. The molecular formula is C33H41Cl2FN4O8. The highest BCUT2D eigenvalue weighted by molar-refractivity contribution is 6.51. The molecule has 3 aliphatic heterocycles. The number of nitrogens with zero attached hydrogens (tertiary/aromatic N) is 2. The van der Waals surface area contributed by atoms with Crippen molar-refractivity contribution in [2.75, 3.05) is 6.54 Å². The van der Waals surface area contributed by atoms with Gasteiger partial charge in [-0.2, -0.15) is 0 Å². The van der Waals surface area contributed by atoms with Gasteiger partial charge in [-0.15, -0.1) is 23.2 Å². The Hall–Kier alpha value is -3.32. The number of nitrogens with one attached hydrogen (secondary N) is 2. The smallest absolute Gasteiger partial charge is 0.410 e. The maximum Gasteiger partial charge on any atom is 0.410 e. The first-order valence-electron chi connectivity index (χ1n) is 16.5. The fraction of sp³-hybridized carbons (Fsp3) is 0.667. The molecule has 2 saturated carbocycles. The number of alkyl carbamates (subject to hydrolysis) is 1. The zero-order valence-corrected chi connectivity index (χ0v) is 28.6. The van der Waals surface area contributed by atoms with Crippen molar-refractivity contribution >= 4 is 53.2 Å².